The van der Waals surface area contributed by atoms with Gasteiger partial charge in [0, 0.05) is 34.7 Å². The van der Waals surface area contributed by atoms with Gasteiger partial charge in [-0.2, -0.15) is 0 Å². The Balaban J connectivity index is 1.52. The van der Waals surface area contributed by atoms with Gasteiger partial charge in [-0.15, -0.1) is 0 Å². The van der Waals surface area contributed by atoms with E-state index >= 15 is 0 Å². The number of carbonyl (C=O) groups is 2. The Hall–Kier alpha value is -3.84. The predicted molar refractivity (Wildman–Crippen MR) is 137 cm³/mol. The number of aromatic nitrogens is 2. The third-order valence-electron chi connectivity index (χ3n) is 5.96. The number of hydrogen-bond donors (Lipinski definition) is 1. The van der Waals surface area contributed by atoms with Crippen molar-refractivity contribution in [2.24, 2.45) is 0 Å². The first kappa shape index (κ1) is 22.9. The molecule has 4 aromatic rings. The number of nitrogens with one attached hydrogen (secondary N) is 1. The number of nitrogens with zero attached hydrogens (tertiary/aromatic N) is 2. The van der Waals surface area contributed by atoms with Gasteiger partial charge in [0.1, 0.15) is 5.03 Å². The summed E-state index contributed by atoms with van der Waals surface area (Å²) in [5.41, 5.74) is 4.68. The third kappa shape index (κ3) is 4.59. The van der Waals surface area contributed by atoms with Gasteiger partial charge in [-0.05, 0) is 56.2 Å². The Morgan fingerprint density at radius 2 is 1.89 bits per heavy atom. The molecule has 2 aromatic carbocycles. The molecule has 6 nitrogen and oxygen atoms in total. The van der Waals surface area contributed by atoms with Crippen LogP contribution in [-0.2, 0) is 16.0 Å². The molecule has 0 aliphatic carbocycles. The molecule has 1 aliphatic heterocycles. The van der Waals surface area contributed by atoms with Crippen molar-refractivity contribution in [2.75, 3.05) is 13.2 Å². The highest BCUT2D eigenvalue weighted by Crippen LogP contribution is 2.33. The van der Waals surface area contributed by atoms with Crippen molar-refractivity contribution in [3.8, 4) is 0 Å². The van der Waals surface area contributed by atoms with Gasteiger partial charge in [0.25, 0.3) is 5.91 Å². The highest BCUT2D eigenvalue weighted by atomic mass is 32.2. The van der Waals surface area contributed by atoms with Crippen LogP contribution in [-0.4, -0.2) is 39.9 Å². The van der Waals surface area contributed by atoms with Crippen molar-refractivity contribution in [3.63, 3.8) is 0 Å². The number of rotatable bonds is 5. The lowest BCUT2D eigenvalue weighted by Gasteiger charge is -2.19. The molecule has 5 rings (SSSR count). The molecule has 1 aliphatic rings. The number of fused-ring (bicyclic) bond motifs is 3. The number of H-pyrrole nitrogens is 1. The average molecular weight is 484 g/mol. The minimum atomic E-state index is -0.458. The highest BCUT2D eigenvalue weighted by Gasteiger charge is 2.28. The van der Waals surface area contributed by atoms with E-state index in [-0.39, 0.29) is 12.5 Å². The Morgan fingerprint density at radius 3 is 2.69 bits per heavy atom. The molecule has 3 heterocycles. The number of aromatic amines is 1. The van der Waals surface area contributed by atoms with Crippen LogP contribution in [0.15, 0.2) is 83.0 Å². The Morgan fingerprint density at radius 1 is 1.09 bits per heavy atom. The monoisotopic (exact) mass is 483 g/mol. The molecule has 0 bridgehead atoms. The number of carbonyl (C=O) groups excluding carboxylic acids is 2. The van der Waals surface area contributed by atoms with Crippen molar-refractivity contribution < 1.29 is 14.3 Å². The van der Waals surface area contributed by atoms with E-state index in [1.54, 1.807) is 36.4 Å². The van der Waals surface area contributed by atoms with Gasteiger partial charge in [0.15, 0.2) is 0 Å². The second-order valence-electron chi connectivity index (χ2n) is 8.31. The van der Waals surface area contributed by atoms with Crippen LogP contribution in [0, 0.1) is 6.92 Å². The zero-order valence-electron chi connectivity index (χ0n) is 19.6. The smallest absolute Gasteiger partial charge is 0.341 e. The number of pyridine rings is 1. The molecule has 0 atom stereocenters. The quantitative estimate of drug-likeness (QED) is 0.373. The van der Waals surface area contributed by atoms with Crippen LogP contribution in [0.1, 0.15) is 34.1 Å². The largest absolute Gasteiger partial charge is 0.462 e. The molecule has 0 saturated heterocycles. The molecule has 176 valence electrons. The maximum absolute atomic E-state index is 13.7. The average Bonchev–Trinajstić information content (AvgIpc) is 3.13. The molecule has 35 heavy (non-hydrogen) atoms. The van der Waals surface area contributed by atoms with E-state index in [4.69, 9.17) is 4.74 Å². The van der Waals surface area contributed by atoms with E-state index in [9.17, 15) is 9.59 Å². The SMILES string of the molecule is CCOC(=O)C1=CN(C(=O)c2cccnc2Sc2ccc(C)cc2)CCc2c1[nH]c1ccccc21. The van der Waals surface area contributed by atoms with E-state index < -0.39 is 5.97 Å². The minimum absolute atomic E-state index is 0.205. The van der Waals surface area contributed by atoms with Crippen LogP contribution >= 0.6 is 11.8 Å². The number of para-hydroxylation sites is 1. The second kappa shape index (κ2) is 9.80. The summed E-state index contributed by atoms with van der Waals surface area (Å²) < 4.78 is 5.35. The van der Waals surface area contributed by atoms with Gasteiger partial charge < -0.3 is 14.6 Å². The summed E-state index contributed by atoms with van der Waals surface area (Å²) in [6.07, 6.45) is 3.91. The van der Waals surface area contributed by atoms with Gasteiger partial charge in [-0.25, -0.2) is 9.78 Å². The van der Waals surface area contributed by atoms with Gasteiger partial charge in [0.05, 0.1) is 23.4 Å². The number of ether oxygens (including phenoxy) is 1. The molecule has 0 saturated carbocycles. The Bertz CT molecular complexity index is 1440. The lowest BCUT2D eigenvalue weighted by Crippen LogP contribution is -2.28. The van der Waals surface area contributed by atoms with E-state index in [1.165, 1.54) is 17.3 Å². The van der Waals surface area contributed by atoms with E-state index in [0.29, 0.717) is 34.8 Å². The Labute approximate surface area is 208 Å². The van der Waals surface area contributed by atoms with Crippen molar-refractivity contribution >= 4 is 40.1 Å². The predicted octanol–water partition coefficient (Wildman–Crippen LogP) is 5.63. The van der Waals surface area contributed by atoms with Crippen molar-refractivity contribution in [3.05, 3.63) is 95.4 Å². The topological polar surface area (TPSA) is 75.3 Å². The molecule has 0 spiro atoms. The summed E-state index contributed by atoms with van der Waals surface area (Å²) in [7, 11) is 0. The lowest BCUT2D eigenvalue weighted by molar-refractivity contribution is -0.136. The van der Waals surface area contributed by atoms with Crippen LogP contribution in [0.3, 0.4) is 0 Å². The maximum atomic E-state index is 13.7. The van der Waals surface area contributed by atoms with Crippen LogP contribution in [0.25, 0.3) is 16.5 Å². The van der Waals surface area contributed by atoms with E-state index in [1.807, 2.05) is 55.5 Å². The van der Waals surface area contributed by atoms with Crippen molar-refractivity contribution in [1.82, 2.24) is 14.9 Å². The first-order valence-electron chi connectivity index (χ1n) is 11.5. The second-order valence-corrected chi connectivity index (χ2v) is 9.37. The fourth-order valence-electron chi connectivity index (χ4n) is 4.24. The molecule has 1 amide bonds. The number of benzene rings is 2. The molecular weight excluding hydrogens is 458 g/mol. The molecule has 1 N–H and O–H groups in total. The summed E-state index contributed by atoms with van der Waals surface area (Å²) in [5, 5.41) is 1.67. The summed E-state index contributed by atoms with van der Waals surface area (Å²) in [5.74, 6) is -0.663. The molecule has 7 heteroatoms. The van der Waals surface area contributed by atoms with Gasteiger partial charge in [0.2, 0.25) is 0 Å². The lowest BCUT2D eigenvalue weighted by atomic mass is 10.0. The van der Waals surface area contributed by atoms with Crippen LogP contribution in [0.4, 0.5) is 0 Å². The number of hydrogen-bond acceptors (Lipinski definition) is 5. The molecular formula is C28H25N3O3S. The van der Waals surface area contributed by atoms with Crippen molar-refractivity contribution in [2.45, 2.75) is 30.2 Å². The first-order chi connectivity index (χ1) is 17.0. The Kier molecular flexibility index (Phi) is 6.42. The molecule has 2 aromatic heterocycles. The van der Waals surface area contributed by atoms with Gasteiger partial charge >= 0.3 is 5.97 Å². The standard InChI is InChI=1S/C28H25N3O3S/c1-3-34-28(33)23-17-31(16-14-21-20-7-4-5-9-24(20)30-25(21)23)27(32)22-8-6-15-29-26(22)35-19-12-10-18(2)11-13-19/h4-13,15,17,30H,3,14,16H2,1-2H3. The number of amides is 1. The zero-order valence-corrected chi connectivity index (χ0v) is 20.4. The van der Waals surface area contributed by atoms with Crippen LogP contribution in [0.5, 0.6) is 0 Å². The van der Waals surface area contributed by atoms with Crippen LogP contribution < -0.4 is 0 Å². The summed E-state index contributed by atoms with van der Waals surface area (Å²) in [4.78, 5) is 37.2. The fraction of sp³-hybridized carbons (Fsp3) is 0.179. The summed E-state index contributed by atoms with van der Waals surface area (Å²) in [6.45, 7) is 4.49. The van der Waals surface area contributed by atoms with Crippen LogP contribution in [0.2, 0.25) is 0 Å². The van der Waals surface area contributed by atoms with Gasteiger partial charge in [-0.1, -0.05) is 47.7 Å². The zero-order chi connectivity index (χ0) is 24.4. The highest BCUT2D eigenvalue weighted by molar-refractivity contribution is 7.99. The van der Waals surface area contributed by atoms with Crippen molar-refractivity contribution in [1.29, 1.82) is 0 Å². The first-order valence-corrected chi connectivity index (χ1v) is 12.4. The van der Waals surface area contributed by atoms with Gasteiger partial charge in [-0.3, -0.25) is 4.79 Å². The van der Waals surface area contributed by atoms with E-state index in [0.717, 1.165) is 21.4 Å². The normalized spacial score (nSPS) is 13.2. The summed E-state index contributed by atoms with van der Waals surface area (Å²) >= 11 is 1.45. The van der Waals surface area contributed by atoms with E-state index in [2.05, 4.69) is 9.97 Å². The minimum Gasteiger partial charge on any atom is -0.462 e. The molecule has 0 fully saturated rings. The molecule has 0 radical (unpaired) electrons. The summed E-state index contributed by atoms with van der Waals surface area (Å²) in [6, 6.07) is 19.6. The fourth-order valence-corrected chi connectivity index (χ4v) is 5.11. The molecule has 0 unspecified atom stereocenters. The third-order valence-corrected chi connectivity index (χ3v) is 6.99. The number of aryl methyl sites for hydroxylation is 1. The maximum Gasteiger partial charge on any atom is 0.341 e. The number of esters is 1.